The van der Waals surface area contributed by atoms with E-state index in [0.29, 0.717) is 0 Å². The first-order valence-corrected chi connectivity index (χ1v) is 3.42. The van der Waals surface area contributed by atoms with Crippen molar-refractivity contribution in [2.75, 3.05) is 0 Å². The van der Waals surface area contributed by atoms with Crippen LogP contribution in [0.4, 0.5) is 0 Å². The molecule has 0 fully saturated rings. The van der Waals surface area contributed by atoms with Crippen LogP contribution in [0.1, 0.15) is 0 Å². The van der Waals surface area contributed by atoms with Crippen LogP contribution in [0, 0.1) is 0 Å². The minimum Gasteiger partial charge on any atom is -0.301 e. The van der Waals surface area contributed by atoms with Crippen LogP contribution in [0.5, 0.6) is 0 Å². The molecule has 0 saturated carbocycles. The van der Waals surface area contributed by atoms with Crippen LogP contribution in [0.25, 0.3) is 0 Å². The van der Waals surface area contributed by atoms with Gasteiger partial charge in [0.15, 0.2) is 0 Å². The van der Waals surface area contributed by atoms with Crippen LogP contribution in [0.3, 0.4) is 0 Å². The predicted molar refractivity (Wildman–Crippen MR) is 47.4 cm³/mol. The number of hydrazine groups is 1. The molecule has 2 heteroatoms. The minimum absolute atomic E-state index is 0.408. The van der Waals surface area contributed by atoms with Gasteiger partial charge >= 0.3 is 0 Å². The Labute approximate surface area is 67.0 Å². The highest BCUT2D eigenvalue weighted by atomic mass is 15.4. The van der Waals surface area contributed by atoms with Gasteiger partial charge in [0.25, 0.3) is 0 Å². The van der Waals surface area contributed by atoms with E-state index in [2.05, 4.69) is 13.2 Å². The first kappa shape index (κ1) is 7.82. The van der Waals surface area contributed by atoms with Crippen molar-refractivity contribution in [3.8, 4) is 0 Å². The number of nitrogens with zero attached hydrogens (tertiary/aromatic N) is 1. The number of rotatable bonds is 2. The number of hydrogen-bond donors (Lipinski definition) is 1. The van der Waals surface area contributed by atoms with E-state index >= 15 is 0 Å². The molecule has 1 heterocycles. The van der Waals surface area contributed by atoms with Crippen molar-refractivity contribution < 1.29 is 0 Å². The maximum atomic E-state index is 5.69. The summed E-state index contributed by atoms with van der Waals surface area (Å²) >= 11 is 0. The largest absolute Gasteiger partial charge is 0.301 e. The molecular formula is C9H12N2. The molecule has 0 aromatic heterocycles. The average molecular weight is 148 g/mol. The van der Waals surface area contributed by atoms with Gasteiger partial charge in [0.2, 0.25) is 0 Å². The highest BCUT2D eigenvalue weighted by Gasteiger charge is 2.24. The van der Waals surface area contributed by atoms with Gasteiger partial charge in [0, 0.05) is 6.20 Å². The lowest BCUT2D eigenvalue weighted by molar-refractivity contribution is 0.302. The van der Waals surface area contributed by atoms with Crippen molar-refractivity contribution in [3.63, 3.8) is 0 Å². The zero-order chi connectivity index (χ0) is 8.32. The molecule has 0 spiro atoms. The fraction of sp³-hybridized carbons (Fsp3) is 0.111. The highest BCUT2D eigenvalue weighted by Crippen LogP contribution is 2.20. The fourth-order valence-corrected chi connectivity index (χ4v) is 0.998. The lowest BCUT2D eigenvalue weighted by Crippen LogP contribution is -2.46. The van der Waals surface area contributed by atoms with Gasteiger partial charge in [0.05, 0.1) is 0 Å². The van der Waals surface area contributed by atoms with E-state index < -0.39 is 5.54 Å². The van der Waals surface area contributed by atoms with Gasteiger partial charge in [0.1, 0.15) is 5.54 Å². The molecule has 58 valence electrons. The summed E-state index contributed by atoms with van der Waals surface area (Å²) in [4.78, 5) is 0. The molecule has 1 aliphatic rings. The van der Waals surface area contributed by atoms with E-state index in [1.165, 1.54) is 0 Å². The Kier molecular flexibility index (Phi) is 1.96. The third-order valence-electron chi connectivity index (χ3n) is 1.82. The number of allylic oxidation sites excluding steroid dienone is 2. The molecule has 11 heavy (non-hydrogen) atoms. The van der Waals surface area contributed by atoms with Gasteiger partial charge in [-0.05, 0) is 12.2 Å². The Morgan fingerprint density at radius 3 is 2.27 bits per heavy atom. The standard InChI is InChI=1S/C9H12N2/c1-3-9(4-2)7-5-6-8-11(9)10/h3-8H,1-2,10H2. The first-order valence-electron chi connectivity index (χ1n) is 3.42. The average Bonchev–Trinajstić information content (AvgIpc) is 2.06. The Balaban J connectivity index is 3.00. The maximum Gasteiger partial charge on any atom is 0.109 e. The monoisotopic (exact) mass is 148 g/mol. The SMILES string of the molecule is C=CC1(C=C)C=CC=CN1N. The molecule has 0 bridgehead atoms. The summed E-state index contributed by atoms with van der Waals surface area (Å²) in [5.74, 6) is 5.69. The second-order valence-corrected chi connectivity index (χ2v) is 2.40. The van der Waals surface area contributed by atoms with E-state index in [0.717, 1.165) is 0 Å². The van der Waals surface area contributed by atoms with Crippen molar-refractivity contribution in [1.29, 1.82) is 0 Å². The Morgan fingerprint density at radius 1 is 1.27 bits per heavy atom. The summed E-state index contributed by atoms with van der Waals surface area (Å²) in [5, 5.41) is 1.56. The number of nitrogens with two attached hydrogens (primary N) is 1. The molecule has 0 aromatic carbocycles. The molecule has 2 nitrogen and oxygen atoms in total. The third-order valence-corrected chi connectivity index (χ3v) is 1.82. The van der Waals surface area contributed by atoms with Gasteiger partial charge in [-0.15, -0.1) is 13.2 Å². The summed E-state index contributed by atoms with van der Waals surface area (Å²) < 4.78 is 0. The Bertz CT molecular complexity index is 218. The molecular weight excluding hydrogens is 136 g/mol. The molecule has 0 aliphatic carbocycles. The summed E-state index contributed by atoms with van der Waals surface area (Å²) in [7, 11) is 0. The smallest absolute Gasteiger partial charge is 0.109 e. The third kappa shape index (κ3) is 1.12. The molecule has 0 radical (unpaired) electrons. The topological polar surface area (TPSA) is 29.3 Å². The molecule has 0 atom stereocenters. The zero-order valence-corrected chi connectivity index (χ0v) is 6.40. The minimum atomic E-state index is -0.408. The highest BCUT2D eigenvalue weighted by molar-refractivity contribution is 5.31. The van der Waals surface area contributed by atoms with Gasteiger partial charge in [-0.2, -0.15) is 0 Å². The van der Waals surface area contributed by atoms with Crippen molar-refractivity contribution in [2.45, 2.75) is 5.54 Å². The fourth-order valence-electron chi connectivity index (χ4n) is 0.998. The van der Waals surface area contributed by atoms with E-state index in [9.17, 15) is 0 Å². The van der Waals surface area contributed by atoms with Crippen LogP contribution >= 0.6 is 0 Å². The van der Waals surface area contributed by atoms with Gasteiger partial charge in [-0.25, -0.2) is 5.84 Å². The van der Waals surface area contributed by atoms with Gasteiger partial charge in [-0.1, -0.05) is 18.2 Å². The predicted octanol–water partition coefficient (Wildman–Crippen LogP) is 1.36. The molecule has 0 saturated heterocycles. The van der Waals surface area contributed by atoms with E-state index in [-0.39, 0.29) is 0 Å². The zero-order valence-electron chi connectivity index (χ0n) is 6.40. The summed E-state index contributed by atoms with van der Waals surface area (Å²) in [5.41, 5.74) is -0.408. The summed E-state index contributed by atoms with van der Waals surface area (Å²) in [6.07, 6.45) is 11.0. The molecule has 0 aromatic rings. The van der Waals surface area contributed by atoms with Crippen molar-refractivity contribution in [1.82, 2.24) is 5.01 Å². The van der Waals surface area contributed by atoms with Crippen LogP contribution in [-0.2, 0) is 0 Å². The Hall–Kier alpha value is -1.28. The summed E-state index contributed by atoms with van der Waals surface area (Å²) in [6.45, 7) is 7.40. The van der Waals surface area contributed by atoms with Crippen LogP contribution in [-0.4, -0.2) is 10.5 Å². The van der Waals surface area contributed by atoms with Crippen LogP contribution < -0.4 is 5.84 Å². The second kappa shape index (κ2) is 2.76. The quantitative estimate of drug-likeness (QED) is 0.473. The number of hydrogen-bond acceptors (Lipinski definition) is 2. The molecule has 0 amide bonds. The molecule has 1 aliphatic heterocycles. The molecule has 2 N–H and O–H groups in total. The molecule has 1 rings (SSSR count). The van der Waals surface area contributed by atoms with Gasteiger partial charge in [-0.3, -0.25) is 0 Å². The second-order valence-electron chi connectivity index (χ2n) is 2.40. The normalized spacial score (nSPS) is 19.9. The first-order chi connectivity index (χ1) is 5.25. The maximum absolute atomic E-state index is 5.69. The van der Waals surface area contributed by atoms with Crippen LogP contribution in [0.15, 0.2) is 49.7 Å². The Morgan fingerprint density at radius 2 is 1.91 bits per heavy atom. The lowest BCUT2D eigenvalue weighted by Gasteiger charge is -2.34. The van der Waals surface area contributed by atoms with Crippen molar-refractivity contribution in [3.05, 3.63) is 49.7 Å². The van der Waals surface area contributed by atoms with Gasteiger partial charge < -0.3 is 5.01 Å². The van der Waals surface area contributed by atoms with Crippen LogP contribution in [0.2, 0.25) is 0 Å². The lowest BCUT2D eigenvalue weighted by atomic mass is 9.97. The molecule has 0 unspecified atom stereocenters. The van der Waals surface area contributed by atoms with E-state index in [1.807, 2.05) is 18.2 Å². The van der Waals surface area contributed by atoms with Crippen molar-refractivity contribution in [2.24, 2.45) is 5.84 Å². The van der Waals surface area contributed by atoms with E-state index in [1.54, 1.807) is 23.4 Å². The van der Waals surface area contributed by atoms with E-state index in [4.69, 9.17) is 5.84 Å². The van der Waals surface area contributed by atoms with Crippen molar-refractivity contribution >= 4 is 0 Å². The summed E-state index contributed by atoms with van der Waals surface area (Å²) in [6, 6.07) is 0.